The van der Waals surface area contributed by atoms with Crippen LogP contribution in [0.15, 0.2) is 22.7 Å². The molecule has 0 amide bonds. The first-order chi connectivity index (χ1) is 7.58. The molecule has 1 aromatic carbocycles. The highest BCUT2D eigenvalue weighted by molar-refractivity contribution is 9.10. The minimum Gasteiger partial charge on any atom is -0.480 e. The van der Waals surface area contributed by atoms with Crippen LogP contribution in [0, 0.1) is 12.8 Å². The Morgan fingerprint density at radius 3 is 2.75 bits per heavy atom. The maximum absolute atomic E-state index is 11.1. The van der Waals surface area contributed by atoms with Crippen LogP contribution < -0.4 is 5.32 Å². The van der Waals surface area contributed by atoms with E-state index in [1.165, 1.54) is 0 Å². The predicted octanol–water partition coefficient (Wildman–Crippen LogP) is 3.03. The Morgan fingerprint density at radius 2 is 2.25 bits per heavy atom. The quantitative estimate of drug-likeness (QED) is 0.893. The molecule has 2 rings (SSSR count). The van der Waals surface area contributed by atoms with Crippen LogP contribution in [-0.4, -0.2) is 17.1 Å². The molecule has 16 heavy (non-hydrogen) atoms. The molecule has 1 atom stereocenters. The van der Waals surface area contributed by atoms with Crippen molar-refractivity contribution < 1.29 is 9.90 Å². The van der Waals surface area contributed by atoms with E-state index in [4.69, 9.17) is 5.11 Å². The summed E-state index contributed by atoms with van der Waals surface area (Å²) in [6.07, 6.45) is 2.02. The van der Waals surface area contributed by atoms with E-state index < -0.39 is 12.0 Å². The van der Waals surface area contributed by atoms with Crippen molar-refractivity contribution in [2.75, 3.05) is 5.32 Å². The zero-order chi connectivity index (χ0) is 11.7. The van der Waals surface area contributed by atoms with Crippen LogP contribution in [0.1, 0.15) is 18.4 Å². The first-order valence-electron chi connectivity index (χ1n) is 5.33. The second-order valence-corrected chi connectivity index (χ2v) is 5.12. The Bertz CT molecular complexity index is 415. The van der Waals surface area contributed by atoms with Crippen LogP contribution in [0.3, 0.4) is 0 Å². The van der Waals surface area contributed by atoms with E-state index in [1.54, 1.807) is 0 Å². The number of rotatable bonds is 4. The van der Waals surface area contributed by atoms with Gasteiger partial charge in [-0.05, 0) is 43.4 Å². The number of benzene rings is 1. The van der Waals surface area contributed by atoms with E-state index in [1.807, 2.05) is 25.1 Å². The van der Waals surface area contributed by atoms with Crippen molar-refractivity contribution in [3.63, 3.8) is 0 Å². The molecule has 0 bridgehead atoms. The van der Waals surface area contributed by atoms with Crippen LogP contribution in [0.2, 0.25) is 0 Å². The molecule has 1 fully saturated rings. The van der Waals surface area contributed by atoms with Gasteiger partial charge in [-0.3, -0.25) is 0 Å². The summed E-state index contributed by atoms with van der Waals surface area (Å²) in [6.45, 7) is 2.00. The normalized spacial score (nSPS) is 16.9. The molecule has 86 valence electrons. The van der Waals surface area contributed by atoms with E-state index in [2.05, 4.69) is 21.2 Å². The smallest absolute Gasteiger partial charge is 0.326 e. The molecule has 1 saturated carbocycles. The predicted molar refractivity (Wildman–Crippen MR) is 66.6 cm³/mol. The summed E-state index contributed by atoms with van der Waals surface area (Å²) in [6, 6.07) is 5.36. The summed E-state index contributed by atoms with van der Waals surface area (Å²) in [5.74, 6) is -0.475. The van der Waals surface area contributed by atoms with Gasteiger partial charge < -0.3 is 10.4 Å². The second kappa shape index (κ2) is 4.45. The summed E-state index contributed by atoms with van der Waals surface area (Å²) >= 11 is 3.44. The maximum atomic E-state index is 11.1. The van der Waals surface area contributed by atoms with Crippen molar-refractivity contribution >= 4 is 27.6 Å². The monoisotopic (exact) mass is 283 g/mol. The summed E-state index contributed by atoms with van der Waals surface area (Å²) in [5.41, 5.74) is 2.00. The van der Waals surface area contributed by atoms with E-state index >= 15 is 0 Å². The van der Waals surface area contributed by atoms with Crippen LogP contribution in [-0.2, 0) is 4.79 Å². The molecule has 2 N–H and O–H groups in total. The summed E-state index contributed by atoms with van der Waals surface area (Å²) < 4.78 is 0.998. The minimum atomic E-state index is -0.765. The highest BCUT2D eigenvalue weighted by Crippen LogP contribution is 2.34. The molecule has 0 heterocycles. The lowest BCUT2D eigenvalue weighted by atomic mass is 10.1. The topological polar surface area (TPSA) is 49.3 Å². The number of nitrogens with one attached hydrogen (secondary N) is 1. The van der Waals surface area contributed by atoms with Gasteiger partial charge >= 0.3 is 5.97 Å². The van der Waals surface area contributed by atoms with Gasteiger partial charge in [0.1, 0.15) is 6.04 Å². The Balaban J connectivity index is 2.12. The molecule has 3 nitrogen and oxygen atoms in total. The number of carbonyl (C=O) groups is 1. The average molecular weight is 284 g/mol. The molecule has 0 saturated heterocycles. The van der Waals surface area contributed by atoms with E-state index in [0.717, 1.165) is 28.6 Å². The van der Waals surface area contributed by atoms with E-state index in [0.29, 0.717) is 0 Å². The van der Waals surface area contributed by atoms with Gasteiger partial charge in [0.2, 0.25) is 0 Å². The Morgan fingerprint density at radius 1 is 1.56 bits per heavy atom. The van der Waals surface area contributed by atoms with Gasteiger partial charge in [-0.25, -0.2) is 4.79 Å². The van der Waals surface area contributed by atoms with Crippen molar-refractivity contribution in [1.29, 1.82) is 0 Å². The summed E-state index contributed by atoms with van der Waals surface area (Å²) in [7, 11) is 0. The van der Waals surface area contributed by atoms with Crippen molar-refractivity contribution in [3.8, 4) is 0 Å². The maximum Gasteiger partial charge on any atom is 0.326 e. The lowest BCUT2D eigenvalue weighted by Crippen LogP contribution is -2.31. The lowest BCUT2D eigenvalue weighted by Gasteiger charge is -2.15. The molecule has 0 radical (unpaired) electrons. The zero-order valence-electron chi connectivity index (χ0n) is 9.03. The fourth-order valence-corrected chi connectivity index (χ4v) is 2.05. The summed E-state index contributed by atoms with van der Waals surface area (Å²) in [5, 5.41) is 12.2. The lowest BCUT2D eigenvalue weighted by molar-refractivity contribution is -0.138. The molecule has 1 aliphatic rings. The van der Waals surface area contributed by atoms with Gasteiger partial charge in [-0.15, -0.1) is 0 Å². The molecular formula is C12H14BrNO2. The molecule has 0 aliphatic heterocycles. The van der Waals surface area contributed by atoms with Crippen LogP contribution in [0.5, 0.6) is 0 Å². The second-order valence-electron chi connectivity index (χ2n) is 4.26. The average Bonchev–Trinajstić information content (AvgIpc) is 3.03. The fourth-order valence-electron chi connectivity index (χ4n) is 1.67. The molecule has 1 aliphatic carbocycles. The molecule has 0 aromatic heterocycles. The first-order valence-corrected chi connectivity index (χ1v) is 6.12. The van der Waals surface area contributed by atoms with Gasteiger partial charge in [-0.1, -0.05) is 22.0 Å². The van der Waals surface area contributed by atoms with Crippen LogP contribution in [0.25, 0.3) is 0 Å². The molecule has 0 spiro atoms. The summed E-state index contributed by atoms with van der Waals surface area (Å²) in [4.78, 5) is 11.1. The number of carboxylic acid groups (broad SMARTS) is 1. The van der Waals surface area contributed by atoms with Gasteiger partial charge in [0.15, 0.2) is 0 Å². The number of anilines is 1. The van der Waals surface area contributed by atoms with Gasteiger partial charge in [0.25, 0.3) is 0 Å². The van der Waals surface area contributed by atoms with Crippen molar-refractivity contribution in [3.05, 3.63) is 28.2 Å². The number of halogens is 1. The Hall–Kier alpha value is -1.03. The first kappa shape index (κ1) is 11.5. The third kappa shape index (κ3) is 2.55. The van der Waals surface area contributed by atoms with Gasteiger partial charge in [0.05, 0.1) is 0 Å². The minimum absolute atomic E-state index is 0.289. The number of hydrogen-bond acceptors (Lipinski definition) is 2. The Labute approximate surface area is 103 Å². The molecular weight excluding hydrogens is 270 g/mol. The molecule has 1 aromatic rings. The zero-order valence-corrected chi connectivity index (χ0v) is 10.6. The van der Waals surface area contributed by atoms with Gasteiger partial charge in [-0.2, -0.15) is 0 Å². The van der Waals surface area contributed by atoms with Gasteiger partial charge in [0, 0.05) is 10.2 Å². The number of aliphatic carboxylic acids is 1. The van der Waals surface area contributed by atoms with Crippen LogP contribution >= 0.6 is 15.9 Å². The fraction of sp³-hybridized carbons (Fsp3) is 0.417. The van der Waals surface area contributed by atoms with E-state index in [9.17, 15) is 4.79 Å². The largest absolute Gasteiger partial charge is 0.480 e. The highest BCUT2D eigenvalue weighted by Gasteiger charge is 2.36. The number of hydrogen-bond donors (Lipinski definition) is 2. The number of aryl methyl sites for hydroxylation is 1. The van der Waals surface area contributed by atoms with Crippen molar-refractivity contribution in [2.45, 2.75) is 25.8 Å². The SMILES string of the molecule is Cc1ccc(NC(C(=O)O)C2CC2)cc1Br. The standard InChI is InChI=1S/C12H14BrNO2/c1-7-2-5-9(6-10(7)13)14-11(12(15)16)8-3-4-8/h2,5-6,8,11,14H,3-4H2,1H3,(H,15,16). The highest BCUT2D eigenvalue weighted by atomic mass is 79.9. The van der Waals surface area contributed by atoms with E-state index in [-0.39, 0.29) is 5.92 Å². The third-order valence-corrected chi connectivity index (χ3v) is 3.71. The molecule has 1 unspecified atom stereocenters. The number of carboxylic acids is 1. The Kier molecular flexibility index (Phi) is 3.19. The van der Waals surface area contributed by atoms with Crippen LogP contribution in [0.4, 0.5) is 5.69 Å². The third-order valence-electron chi connectivity index (χ3n) is 2.85. The van der Waals surface area contributed by atoms with Crippen molar-refractivity contribution in [2.24, 2.45) is 5.92 Å². The molecule has 4 heteroatoms. The van der Waals surface area contributed by atoms with Crippen molar-refractivity contribution in [1.82, 2.24) is 0 Å².